The van der Waals surface area contributed by atoms with Gasteiger partial charge in [0.25, 0.3) is 0 Å². The standard InChI is InChI=1S/C13H14N2O2/c1-9-8-15(2)14-12(9)10-4-6-11(7-5-10)13(16)17-3/h4-8H,1-3H3. The highest BCUT2D eigenvalue weighted by Crippen LogP contribution is 2.21. The second-order valence-corrected chi connectivity index (χ2v) is 3.90. The Morgan fingerprint density at radius 3 is 2.41 bits per heavy atom. The molecule has 4 heteroatoms. The van der Waals surface area contributed by atoms with E-state index in [4.69, 9.17) is 0 Å². The number of ether oxygens (including phenoxy) is 1. The van der Waals surface area contributed by atoms with E-state index in [0.29, 0.717) is 5.56 Å². The third kappa shape index (κ3) is 2.20. The Morgan fingerprint density at radius 1 is 1.29 bits per heavy atom. The van der Waals surface area contributed by atoms with Crippen molar-refractivity contribution in [2.75, 3.05) is 7.11 Å². The van der Waals surface area contributed by atoms with Gasteiger partial charge in [0, 0.05) is 18.8 Å². The van der Waals surface area contributed by atoms with Crippen LogP contribution in [0.15, 0.2) is 30.5 Å². The van der Waals surface area contributed by atoms with Gasteiger partial charge in [-0.15, -0.1) is 0 Å². The number of hydrogen-bond donors (Lipinski definition) is 0. The summed E-state index contributed by atoms with van der Waals surface area (Å²) in [6.45, 7) is 2.01. The van der Waals surface area contributed by atoms with Gasteiger partial charge in [-0.2, -0.15) is 5.10 Å². The van der Waals surface area contributed by atoms with Crippen LogP contribution in [-0.4, -0.2) is 22.9 Å². The maximum absolute atomic E-state index is 11.3. The Labute approximate surface area is 99.8 Å². The molecule has 0 fully saturated rings. The molecule has 0 aliphatic rings. The van der Waals surface area contributed by atoms with Crippen LogP contribution in [0.4, 0.5) is 0 Å². The second-order valence-electron chi connectivity index (χ2n) is 3.90. The van der Waals surface area contributed by atoms with E-state index in [1.165, 1.54) is 7.11 Å². The van der Waals surface area contributed by atoms with E-state index in [1.807, 2.05) is 32.3 Å². The summed E-state index contributed by atoms with van der Waals surface area (Å²) in [5.41, 5.74) is 3.59. The molecule has 0 bridgehead atoms. The lowest BCUT2D eigenvalue weighted by atomic mass is 10.1. The highest BCUT2D eigenvalue weighted by molar-refractivity contribution is 5.89. The Kier molecular flexibility index (Phi) is 2.95. The first-order chi connectivity index (χ1) is 8.11. The Balaban J connectivity index is 2.35. The fourth-order valence-electron chi connectivity index (χ4n) is 1.77. The Morgan fingerprint density at radius 2 is 1.94 bits per heavy atom. The molecule has 0 radical (unpaired) electrons. The van der Waals surface area contributed by atoms with Crippen LogP contribution < -0.4 is 0 Å². The summed E-state index contributed by atoms with van der Waals surface area (Å²) in [5, 5.41) is 4.38. The third-order valence-corrected chi connectivity index (χ3v) is 2.59. The van der Waals surface area contributed by atoms with E-state index < -0.39 is 0 Å². The summed E-state index contributed by atoms with van der Waals surface area (Å²) in [6, 6.07) is 7.24. The number of hydrogen-bond acceptors (Lipinski definition) is 3. The van der Waals surface area contributed by atoms with Gasteiger partial charge in [-0.1, -0.05) is 12.1 Å². The molecule has 0 aliphatic heterocycles. The van der Waals surface area contributed by atoms with Gasteiger partial charge in [0.2, 0.25) is 0 Å². The highest BCUT2D eigenvalue weighted by atomic mass is 16.5. The first-order valence-electron chi connectivity index (χ1n) is 5.31. The number of esters is 1. The van der Waals surface area contributed by atoms with Crippen molar-refractivity contribution in [2.45, 2.75) is 6.92 Å². The minimum Gasteiger partial charge on any atom is -0.465 e. The zero-order chi connectivity index (χ0) is 12.4. The first-order valence-corrected chi connectivity index (χ1v) is 5.31. The monoisotopic (exact) mass is 230 g/mol. The summed E-state index contributed by atoms with van der Waals surface area (Å²) < 4.78 is 6.43. The molecule has 0 aliphatic carbocycles. The molecular weight excluding hydrogens is 216 g/mol. The SMILES string of the molecule is COC(=O)c1ccc(-c2nn(C)cc2C)cc1. The van der Waals surface area contributed by atoms with E-state index in [1.54, 1.807) is 16.8 Å². The number of aromatic nitrogens is 2. The van der Waals surface area contributed by atoms with Gasteiger partial charge in [0.05, 0.1) is 18.4 Å². The topological polar surface area (TPSA) is 44.1 Å². The fraction of sp³-hybridized carbons (Fsp3) is 0.231. The lowest BCUT2D eigenvalue weighted by Gasteiger charge is -2.01. The zero-order valence-electron chi connectivity index (χ0n) is 10.1. The molecule has 0 unspecified atom stereocenters. The van der Waals surface area contributed by atoms with Crippen LogP contribution in [0.1, 0.15) is 15.9 Å². The van der Waals surface area contributed by atoms with Crippen LogP contribution in [0.5, 0.6) is 0 Å². The van der Waals surface area contributed by atoms with Gasteiger partial charge < -0.3 is 4.74 Å². The van der Waals surface area contributed by atoms with Gasteiger partial charge in [-0.25, -0.2) is 4.79 Å². The predicted molar refractivity (Wildman–Crippen MR) is 64.7 cm³/mol. The van der Waals surface area contributed by atoms with Gasteiger partial charge in [0.15, 0.2) is 0 Å². The summed E-state index contributed by atoms with van der Waals surface area (Å²) in [4.78, 5) is 11.3. The molecule has 1 heterocycles. The average Bonchev–Trinajstić information content (AvgIpc) is 2.68. The van der Waals surface area contributed by atoms with Crippen LogP contribution >= 0.6 is 0 Å². The van der Waals surface area contributed by atoms with Crippen LogP contribution in [-0.2, 0) is 11.8 Å². The van der Waals surface area contributed by atoms with Gasteiger partial charge >= 0.3 is 5.97 Å². The van der Waals surface area contributed by atoms with Crippen LogP contribution in [0.2, 0.25) is 0 Å². The Bertz CT molecular complexity index is 541. The van der Waals surface area contributed by atoms with Crippen molar-refractivity contribution < 1.29 is 9.53 Å². The maximum Gasteiger partial charge on any atom is 0.337 e. The number of methoxy groups -OCH3 is 1. The van der Waals surface area contributed by atoms with E-state index in [2.05, 4.69) is 9.84 Å². The summed E-state index contributed by atoms with van der Waals surface area (Å²) in [5.74, 6) is -0.325. The summed E-state index contributed by atoms with van der Waals surface area (Å²) >= 11 is 0. The molecule has 0 N–H and O–H groups in total. The fourth-order valence-corrected chi connectivity index (χ4v) is 1.77. The lowest BCUT2D eigenvalue weighted by molar-refractivity contribution is 0.0601. The van der Waals surface area contributed by atoms with Crippen molar-refractivity contribution in [3.63, 3.8) is 0 Å². The predicted octanol–water partition coefficient (Wildman–Crippen LogP) is 2.18. The molecular formula is C13H14N2O2. The summed E-state index contributed by atoms with van der Waals surface area (Å²) in [6.07, 6.45) is 1.96. The molecule has 0 spiro atoms. The van der Waals surface area contributed by atoms with Gasteiger partial charge in [0.1, 0.15) is 0 Å². The quantitative estimate of drug-likeness (QED) is 0.743. The number of carbonyl (C=O) groups is 1. The molecule has 4 nitrogen and oxygen atoms in total. The molecule has 1 aromatic carbocycles. The van der Waals surface area contributed by atoms with E-state index >= 15 is 0 Å². The van der Waals surface area contributed by atoms with Crippen molar-refractivity contribution in [2.24, 2.45) is 7.05 Å². The van der Waals surface area contributed by atoms with Crippen molar-refractivity contribution >= 4 is 5.97 Å². The second kappa shape index (κ2) is 4.41. The van der Waals surface area contributed by atoms with Crippen LogP contribution in [0, 0.1) is 6.92 Å². The molecule has 2 rings (SSSR count). The van der Waals surface area contributed by atoms with Crippen LogP contribution in [0.3, 0.4) is 0 Å². The average molecular weight is 230 g/mol. The van der Waals surface area contributed by atoms with E-state index in [-0.39, 0.29) is 5.97 Å². The maximum atomic E-state index is 11.3. The molecule has 0 saturated carbocycles. The molecule has 17 heavy (non-hydrogen) atoms. The van der Waals surface area contributed by atoms with Gasteiger partial charge in [-0.3, -0.25) is 4.68 Å². The normalized spacial score (nSPS) is 10.3. The number of nitrogens with zero attached hydrogens (tertiary/aromatic N) is 2. The minimum atomic E-state index is -0.325. The third-order valence-electron chi connectivity index (χ3n) is 2.59. The van der Waals surface area contributed by atoms with Crippen LogP contribution in [0.25, 0.3) is 11.3 Å². The lowest BCUT2D eigenvalue weighted by Crippen LogP contribution is -2.00. The van der Waals surface area contributed by atoms with Crippen molar-refractivity contribution in [3.05, 3.63) is 41.6 Å². The van der Waals surface area contributed by atoms with Crippen molar-refractivity contribution in [3.8, 4) is 11.3 Å². The van der Waals surface area contributed by atoms with E-state index in [0.717, 1.165) is 16.8 Å². The molecule has 2 aromatic rings. The Hall–Kier alpha value is -2.10. The number of aryl methyl sites for hydroxylation is 2. The largest absolute Gasteiger partial charge is 0.465 e. The molecule has 0 saturated heterocycles. The zero-order valence-corrected chi connectivity index (χ0v) is 10.1. The number of rotatable bonds is 2. The highest BCUT2D eigenvalue weighted by Gasteiger charge is 2.08. The molecule has 1 aromatic heterocycles. The molecule has 0 amide bonds. The van der Waals surface area contributed by atoms with Gasteiger partial charge in [-0.05, 0) is 24.6 Å². The van der Waals surface area contributed by atoms with E-state index in [9.17, 15) is 4.79 Å². The first kappa shape index (κ1) is 11.4. The minimum absolute atomic E-state index is 0.325. The molecule has 88 valence electrons. The number of carbonyl (C=O) groups excluding carboxylic acids is 1. The van der Waals surface area contributed by atoms with Crippen molar-refractivity contribution in [1.82, 2.24) is 9.78 Å². The number of benzene rings is 1. The summed E-state index contributed by atoms with van der Waals surface area (Å²) in [7, 11) is 3.26. The van der Waals surface area contributed by atoms with Crippen molar-refractivity contribution in [1.29, 1.82) is 0 Å². The molecule has 0 atom stereocenters. The smallest absolute Gasteiger partial charge is 0.337 e.